The van der Waals surface area contributed by atoms with Crippen LogP contribution < -0.4 is 5.32 Å². The zero-order valence-electron chi connectivity index (χ0n) is 15.9. The van der Waals surface area contributed by atoms with Gasteiger partial charge in [-0.2, -0.15) is 5.10 Å². The molecule has 3 aromatic rings. The molecule has 1 aromatic heterocycles. The number of carbonyl (C=O) groups is 2. The molecule has 1 atom stereocenters. The van der Waals surface area contributed by atoms with Crippen LogP contribution in [0.3, 0.4) is 0 Å². The molecule has 4 rings (SSSR count). The minimum Gasteiger partial charge on any atom is -0.480 e. The van der Waals surface area contributed by atoms with Gasteiger partial charge in [0, 0.05) is 18.0 Å². The molecule has 7 nitrogen and oxygen atoms in total. The Labute approximate surface area is 167 Å². The molecule has 148 valence electrons. The standard InChI is InChI=1S/C22H21N3O4/c1-13-14(11-23-25-13)10-20(21(26)27)24-22(28)29-12-19-17-8-4-2-6-15(17)16-7-3-5-9-18(16)19/h2-9,11,19-20H,10,12H2,1H3,(H,23,25)(H,24,28)(H,26,27). The number of carboxylic acid groups (broad SMARTS) is 1. The molecule has 29 heavy (non-hydrogen) atoms. The van der Waals surface area contributed by atoms with Crippen LogP contribution in [0.25, 0.3) is 11.1 Å². The second-order valence-electron chi connectivity index (χ2n) is 7.09. The number of hydrogen-bond acceptors (Lipinski definition) is 4. The van der Waals surface area contributed by atoms with Gasteiger partial charge < -0.3 is 15.2 Å². The first kappa shape index (κ1) is 18.7. The van der Waals surface area contributed by atoms with Crippen molar-refractivity contribution in [2.24, 2.45) is 0 Å². The van der Waals surface area contributed by atoms with Crippen molar-refractivity contribution in [2.75, 3.05) is 6.61 Å². The van der Waals surface area contributed by atoms with Crippen LogP contribution in [0.2, 0.25) is 0 Å². The van der Waals surface area contributed by atoms with Crippen LogP contribution in [-0.4, -0.2) is 40.0 Å². The van der Waals surface area contributed by atoms with E-state index in [2.05, 4.69) is 27.6 Å². The Morgan fingerprint density at radius 2 is 1.76 bits per heavy atom. The van der Waals surface area contributed by atoms with Crippen LogP contribution in [0, 0.1) is 6.92 Å². The van der Waals surface area contributed by atoms with Gasteiger partial charge in [0.1, 0.15) is 12.6 Å². The largest absolute Gasteiger partial charge is 0.480 e. The average Bonchev–Trinajstić information content (AvgIpc) is 3.27. The maximum absolute atomic E-state index is 12.3. The van der Waals surface area contributed by atoms with Crippen molar-refractivity contribution in [3.8, 4) is 11.1 Å². The highest BCUT2D eigenvalue weighted by molar-refractivity contribution is 5.81. The number of amides is 1. The van der Waals surface area contributed by atoms with E-state index in [1.807, 2.05) is 36.4 Å². The molecule has 1 aliphatic carbocycles. The Balaban J connectivity index is 1.44. The molecule has 7 heteroatoms. The minimum atomic E-state index is -1.13. The Kier molecular flexibility index (Phi) is 5.03. The van der Waals surface area contributed by atoms with Gasteiger partial charge in [-0.25, -0.2) is 9.59 Å². The molecule has 2 aromatic carbocycles. The summed E-state index contributed by atoms with van der Waals surface area (Å²) in [4.78, 5) is 23.9. The van der Waals surface area contributed by atoms with Crippen LogP contribution in [0.4, 0.5) is 4.79 Å². The van der Waals surface area contributed by atoms with Crippen LogP contribution >= 0.6 is 0 Å². The van der Waals surface area contributed by atoms with Gasteiger partial charge in [-0.3, -0.25) is 5.10 Å². The highest BCUT2D eigenvalue weighted by Gasteiger charge is 2.30. The lowest BCUT2D eigenvalue weighted by Gasteiger charge is -2.17. The third-order valence-electron chi connectivity index (χ3n) is 5.29. The summed E-state index contributed by atoms with van der Waals surface area (Å²) in [6.45, 7) is 1.94. The molecule has 0 spiro atoms. The van der Waals surface area contributed by atoms with Crippen LogP contribution in [0.1, 0.15) is 28.3 Å². The van der Waals surface area contributed by atoms with Crippen molar-refractivity contribution < 1.29 is 19.4 Å². The highest BCUT2D eigenvalue weighted by atomic mass is 16.5. The number of benzene rings is 2. The summed E-state index contributed by atoms with van der Waals surface area (Å²) >= 11 is 0. The van der Waals surface area contributed by atoms with Gasteiger partial charge in [-0.05, 0) is 34.7 Å². The van der Waals surface area contributed by atoms with Gasteiger partial charge in [0.05, 0.1) is 6.20 Å². The summed E-state index contributed by atoms with van der Waals surface area (Å²) < 4.78 is 5.43. The molecule has 0 bridgehead atoms. The SMILES string of the molecule is Cc1[nH]ncc1CC(NC(=O)OCC1c2ccccc2-c2ccccc21)C(=O)O. The second-order valence-corrected chi connectivity index (χ2v) is 7.09. The van der Waals surface area contributed by atoms with Crippen molar-refractivity contribution in [3.63, 3.8) is 0 Å². The topological polar surface area (TPSA) is 104 Å². The summed E-state index contributed by atoms with van der Waals surface area (Å²) in [5.74, 6) is -1.20. The van der Waals surface area contributed by atoms with E-state index < -0.39 is 18.1 Å². The number of nitrogens with zero attached hydrogens (tertiary/aromatic N) is 1. The van der Waals surface area contributed by atoms with E-state index in [4.69, 9.17) is 4.74 Å². The molecular weight excluding hydrogens is 370 g/mol. The van der Waals surface area contributed by atoms with Crippen molar-refractivity contribution >= 4 is 12.1 Å². The number of carbonyl (C=O) groups excluding carboxylic acids is 1. The van der Waals surface area contributed by atoms with Gasteiger partial charge >= 0.3 is 12.1 Å². The summed E-state index contributed by atoms with van der Waals surface area (Å²) in [7, 11) is 0. The number of aryl methyl sites for hydroxylation is 1. The average molecular weight is 391 g/mol. The number of aromatic nitrogens is 2. The number of aliphatic carboxylic acids is 1. The molecule has 3 N–H and O–H groups in total. The second kappa shape index (κ2) is 7.79. The quantitative estimate of drug-likeness (QED) is 0.598. The summed E-state index contributed by atoms with van der Waals surface area (Å²) in [6, 6.07) is 15.0. The van der Waals surface area contributed by atoms with E-state index in [1.54, 1.807) is 13.1 Å². The minimum absolute atomic E-state index is 0.0763. The zero-order chi connectivity index (χ0) is 20.4. The van der Waals surface area contributed by atoms with Crippen molar-refractivity contribution in [1.29, 1.82) is 0 Å². The number of aromatic amines is 1. The zero-order valence-corrected chi connectivity index (χ0v) is 15.9. The maximum atomic E-state index is 12.3. The fourth-order valence-electron chi connectivity index (χ4n) is 3.78. The van der Waals surface area contributed by atoms with Crippen LogP contribution in [0.15, 0.2) is 54.7 Å². The van der Waals surface area contributed by atoms with E-state index in [0.29, 0.717) is 0 Å². The number of ether oxygens (including phenoxy) is 1. The first-order valence-corrected chi connectivity index (χ1v) is 9.37. The van der Waals surface area contributed by atoms with Crippen molar-refractivity contribution in [2.45, 2.75) is 25.3 Å². The summed E-state index contributed by atoms with van der Waals surface area (Å²) in [5.41, 5.74) is 5.98. The molecular formula is C22H21N3O4. The Morgan fingerprint density at radius 1 is 1.14 bits per heavy atom. The predicted molar refractivity (Wildman–Crippen MR) is 107 cm³/mol. The lowest BCUT2D eigenvalue weighted by Crippen LogP contribution is -2.43. The number of carboxylic acids is 1. The Morgan fingerprint density at radius 3 is 2.31 bits per heavy atom. The van der Waals surface area contributed by atoms with Crippen molar-refractivity contribution in [1.82, 2.24) is 15.5 Å². The Bertz CT molecular complexity index is 1010. The monoisotopic (exact) mass is 391 g/mol. The molecule has 1 heterocycles. The molecule has 0 fully saturated rings. The third-order valence-corrected chi connectivity index (χ3v) is 5.29. The molecule has 0 aliphatic heterocycles. The number of H-pyrrole nitrogens is 1. The van der Waals surface area contributed by atoms with E-state index in [-0.39, 0.29) is 18.9 Å². The van der Waals surface area contributed by atoms with Gasteiger partial charge in [-0.1, -0.05) is 48.5 Å². The molecule has 1 unspecified atom stereocenters. The Hall–Kier alpha value is -3.61. The van der Waals surface area contributed by atoms with Gasteiger partial charge in [0.25, 0.3) is 0 Å². The molecule has 1 aliphatic rings. The molecule has 0 saturated carbocycles. The van der Waals surface area contributed by atoms with Gasteiger partial charge in [-0.15, -0.1) is 0 Å². The normalized spacial score (nSPS) is 13.4. The van der Waals surface area contributed by atoms with E-state index in [1.165, 1.54) is 0 Å². The number of fused-ring (bicyclic) bond motifs is 3. The first-order chi connectivity index (χ1) is 14.0. The van der Waals surface area contributed by atoms with Crippen LogP contribution in [0.5, 0.6) is 0 Å². The first-order valence-electron chi connectivity index (χ1n) is 9.37. The van der Waals surface area contributed by atoms with Gasteiger partial charge in [0.2, 0.25) is 0 Å². The highest BCUT2D eigenvalue weighted by Crippen LogP contribution is 2.44. The lowest BCUT2D eigenvalue weighted by molar-refractivity contribution is -0.139. The third kappa shape index (κ3) is 3.71. The fraction of sp³-hybridized carbons (Fsp3) is 0.227. The fourth-order valence-corrected chi connectivity index (χ4v) is 3.78. The number of alkyl carbamates (subject to hydrolysis) is 1. The van der Waals surface area contributed by atoms with Crippen molar-refractivity contribution in [3.05, 3.63) is 77.1 Å². The van der Waals surface area contributed by atoms with E-state index >= 15 is 0 Å². The summed E-state index contributed by atoms with van der Waals surface area (Å²) in [6.07, 6.45) is 0.937. The van der Waals surface area contributed by atoms with E-state index in [9.17, 15) is 14.7 Å². The number of hydrogen-bond donors (Lipinski definition) is 3. The number of rotatable bonds is 6. The molecule has 0 radical (unpaired) electrons. The molecule has 0 saturated heterocycles. The van der Waals surface area contributed by atoms with E-state index in [0.717, 1.165) is 33.5 Å². The maximum Gasteiger partial charge on any atom is 0.407 e. The lowest BCUT2D eigenvalue weighted by atomic mass is 9.98. The predicted octanol–water partition coefficient (Wildman–Crippen LogP) is 3.25. The number of nitrogens with one attached hydrogen (secondary N) is 2. The van der Waals surface area contributed by atoms with Crippen LogP contribution in [-0.2, 0) is 16.0 Å². The van der Waals surface area contributed by atoms with Gasteiger partial charge in [0.15, 0.2) is 0 Å². The molecule has 1 amide bonds. The smallest absolute Gasteiger partial charge is 0.407 e. The summed E-state index contributed by atoms with van der Waals surface area (Å²) in [5, 5.41) is 18.5.